The number of carbonyl (C=O) groups is 2. The molecule has 0 aliphatic rings. The molecule has 92 valence electrons. The van der Waals surface area contributed by atoms with Crippen LogP contribution in [0.15, 0.2) is 24.5 Å². The Morgan fingerprint density at radius 1 is 1.59 bits per heavy atom. The van der Waals surface area contributed by atoms with Gasteiger partial charge in [0.15, 0.2) is 0 Å². The summed E-state index contributed by atoms with van der Waals surface area (Å²) in [5.74, 6) is -0.671. The molecule has 17 heavy (non-hydrogen) atoms. The van der Waals surface area contributed by atoms with Gasteiger partial charge in [-0.05, 0) is 19.1 Å². The number of ether oxygens (including phenoxy) is 1. The van der Waals surface area contributed by atoms with Crippen molar-refractivity contribution in [1.82, 2.24) is 10.3 Å². The maximum Gasteiger partial charge on any atom is 0.329 e. The van der Waals surface area contributed by atoms with Crippen molar-refractivity contribution in [2.24, 2.45) is 0 Å². The smallest absolute Gasteiger partial charge is 0.329 e. The van der Waals surface area contributed by atoms with Crippen LogP contribution in [0.3, 0.4) is 0 Å². The fourth-order valence-corrected chi connectivity index (χ4v) is 1.40. The molecule has 0 spiro atoms. The molecule has 6 heteroatoms. The molecule has 1 aromatic rings. The average molecular weight is 254 g/mol. The third kappa shape index (κ3) is 4.07. The highest BCUT2D eigenvalue weighted by molar-refractivity contribution is 7.80. The van der Waals surface area contributed by atoms with Crippen molar-refractivity contribution in [1.29, 1.82) is 0 Å². The third-order valence-electron chi connectivity index (χ3n) is 1.98. The molecule has 0 unspecified atom stereocenters. The quantitative estimate of drug-likeness (QED) is 0.598. The summed E-state index contributed by atoms with van der Waals surface area (Å²) in [6.07, 6.45) is 2.99. The summed E-state index contributed by atoms with van der Waals surface area (Å²) in [7, 11) is 0. The Bertz CT molecular complexity index is 384. The van der Waals surface area contributed by atoms with Crippen LogP contribution in [0.25, 0.3) is 0 Å². The van der Waals surface area contributed by atoms with E-state index in [0.717, 1.165) is 0 Å². The van der Waals surface area contributed by atoms with E-state index in [1.807, 2.05) is 0 Å². The summed E-state index contributed by atoms with van der Waals surface area (Å²) >= 11 is 4.00. The minimum absolute atomic E-state index is 0.185. The van der Waals surface area contributed by atoms with E-state index in [1.54, 1.807) is 25.3 Å². The van der Waals surface area contributed by atoms with Crippen LogP contribution in [0, 0.1) is 0 Å². The van der Waals surface area contributed by atoms with Gasteiger partial charge in [-0.15, -0.1) is 0 Å². The van der Waals surface area contributed by atoms with Crippen LogP contribution < -0.4 is 5.32 Å². The number of nitrogens with one attached hydrogen (secondary N) is 1. The molecular weight excluding hydrogens is 240 g/mol. The van der Waals surface area contributed by atoms with Gasteiger partial charge in [-0.3, -0.25) is 9.78 Å². The summed E-state index contributed by atoms with van der Waals surface area (Å²) in [6, 6.07) is 2.52. The zero-order valence-corrected chi connectivity index (χ0v) is 10.3. The van der Waals surface area contributed by atoms with Gasteiger partial charge in [-0.2, -0.15) is 12.6 Å². The van der Waals surface area contributed by atoms with Crippen molar-refractivity contribution in [2.45, 2.75) is 13.0 Å². The first-order chi connectivity index (χ1) is 8.19. The number of rotatable bonds is 5. The van der Waals surface area contributed by atoms with Gasteiger partial charge in [0.2, 0.25) is 0 Å². The number of thiol groups is 1. The molecule has 0 aliphatic carbocycles. The van der Waals surface area contributed by atoms with Crippen LogP contribution in [-0.4, -0.2) is 35.3 Å². The third-order valence-corrected chi connectivity index (χ3v) is 2.35. The Morgan fingerprint density at radius 2 is 2.35 bits per heavy atom. The Kier molecular flexibility index (Phi) is 5.48. The monoisotopic (exact) mass is 254 g/mol. The highest BCUT2D eigenvalue weighted by atomic mass is 32.1. The molecule has 1 rings (SSSR count). The molecule has 5 nitrogen and oxygen atoms in total. The van der Waals surface area contributed by atoms with E-state index in [9.17, 15) is 9.59 Å². The molecule has 0 aliphatic heterocycles. The lowest BCUT2D eigenvalue weighted by Gasteiger charge is -2.14. The Labute approximate surface area is 105 Å². The topological polar surface area (TPSA) is 68.3 Å². The molecule has 1 amide bonds. The zero-order valence-electron chi connectivity index (χ0n) is 9.42. The molecule has 0 fully saturated rings. The molecule has 0 saturated heterocycles. The first kappa shape index (κ1) is 13.5. The minimum atomic E-state index is -0.744. The predicted octanol–water partition coefficient (Wildman–Crippen LogP) is 0.673. The number of amides is 1. The van der Waals surface area contributed by atoms with E-state index in [4.69, 9.17) is 4.74 Å². The highest BCUT2D eigenvalue weighted by Gasteiger charge is 2.20. The van der Waals surface area contributed by atoms with Crippen molar-refractivity contribution < 1.29 is 14.3 Å². The lowest BCUT2D eigenvalue weighted by atomic mass is 10.2. The maximum atomic E-state index is 11.7. The first-order valence-corrected chi connectivity index (χ1v) is 5.80. The van der Waals surface area contributed by atoms with Gasteiger partial charge in [0.1, 0.15) is 6.04 Å². The molecule has 1 N–H and O–H groups in total. The molecular formula is C11H14N2O3S. The minimum Gasteiger partial charge on any atom is -0.464 e. The molecule has 1 atom stereocenters. The number of esters is 1. The summed E-state index contributed by atoms with van der Waals surface area (Å²) < 4.78 is 4.81. The number of aromatic nitrogens is 1. The van der Waals surface area contributed by atoms with Crippen molar-refractivity contribution in [3.05, 3.63) is 30.1 Å². The molecule has 0 radical (unpaired) electrons. The maximum absolute atomic E-state index is 11.7. The van der Waals surface area contributed by atoms with Crippen molar-refractivity contribution in [3.63, 3.8) is 0 Å². The van der Waals surface area contributed by atoms with Crippen LogP contribution in [0.1, 0.15) is 17.3 Å². The summed E-state index contributed by atoms with van der Waals surface area (Å²) in [4.78, 5) is 27.0. The van der Waals surface area contributed by atoms with Gasteiger partial charge in [-0.1, -0.05) is 0 Å². The molecule has 0 saturated carbocycles. The zero-order chi connectivity index (χ0) is 12.7. The fourth-order valence-electron chi connectivity index (χ4n) is 1.16. The first-order valence-electron chi connectivity index (χ1n) is 5.17. The van der Waals surface area contributed by atoms with Crippen molar-refractivity contribution >= 4 is 24.5 Å². The second-order valence-corrected chi connectivity index (χ2v) is 3.57. The fraction of sp³-hybridized carbons (Fsp3) is 0.364. The van der Waals surface area contributed by atoms with E-state index in [-0.39, 0.29) is 18.3 Å². The second kappa shape index (κ2) is 6.90. The van der Waals surface area contributed by atoms with Gasteiger partial charge in [0.25, 0.3) is 5.91 Å². The van der Waals surface area contributed by atoms with Gasteiger partial charge < -0.3 is 10.1 Å². The number of hydrogen-bond donors (Lipinski definition) is 2. The number of carbonyl (C=O) groups excluding carboxylic acids is 2. The standard InChI is InChI=1S/C11H14N2O3S/c1-2-16-11(15)9(7-17)13-10(14)8-4-3-5-12-6-8/h3-6,9,17H,2,7H2,1H3,(H,13,14)/t9-/m0/s1. The van der Waals surface area contributed by atoms with Crippen LogP contribution >= 0.6 is 12.6 Å². The van der Waals surface area contributed by atoms with E-state index in [0.29, 0.717) is 5.56 Å². The average Bonchev–Trinajstić information content (AvgIpc) is 2.37. The number of hydrogen-bond acceptors (Lipinski definition) is 5. The van der Waals surface area contributed by atoms with Gasteiger partial charge in [0.05, 0.1) is 12.2 Å². The van der Waals surface area contributed by atoms with Gasteiger partial charge >= 0.3 is 5.97 Å². The van der Waals surface area contributed by atoms with Crippen molar-refractivity contribution in [3.8, 4) is 0 Å². The summed E-state index contributed by atoms with van der Waals surface area (Å²) in [5.41, 5.74) is 0.392. The van der Waals surface area contributed by atoms with Crippen LogP contribution in [0.4, 0.5) is 0 Å². The SMILES string of the molecule is CCOC(=O)[C@H](CS)NC(=O)c1cccnc1. The molecule has 1 heterocycles. The predicted molar refractivity (Wildman–Crippen MR) is 66.0 cm³/mol. The number of pyridine rings is 1. The van der Waals surface area contributed by atoms with Crippen LogP contribution in [0.5, 0.6) is 0 Å². The van der Waals surface area contributed by atoms with Gasteiger partial charge in [0, 0.05) is 18.1 Å². The molecule has 0 bridgehead atoms. The highest BCUT2D eigenvalue weighted by Crippen LogP contribution is 1.99. The second-order valence-electron chi connectivity index (χ2n) is 3.20. The largest absolute Gasteiger partial charge is 0.464 e. The van der Waals surface area contributed by atoms with Gasteiger partial charge in [-0.25, -0.2) is 4.79 Å². The van der Waals surface area contributed by atoms with Crippen molar-refractivity contribution in [2.75, 3.05) is 12.4 Å². The lowest BCUT2D eigenvalue weighted by molar-refractivity contribution is -0.144. The lowest BCUT2D eigenvalue weighted by Crippen LogP contribution is -2.43. The van der Waals surface area contributed by atoms with Crippen LogP contribution in [0.2, 0.25) is 0 Å². The molecule has 1 aromatic heterocycles. The Hall–Kier alpha value is -1.56. The summed E-state index contributed by atoms with van der Waals surface area (Å²) in [6.45, 7) is 1.97. The number of nitrogens with zero attached hydrogens (tertiary/aromatic N) is 1. The van der Waals surface area contributed by atoms with E-state index >= 15 is 0 Å². The van der Waals surface area contributed by atoms with E-state index in [1.165, 1.54) is 6.20 Å². The van der Waals surface area contributed by atoms with Crippen LogP contribution in [-0.2, 0) is 9.53 Å². The van der Waals surface area contributed by atoms with E-state index < -0.39 is 12.0 Å². The molecule has 0 aromatic carbocycles. The Balaban J connectivity index is 2.63. The normalized spacial score (nSPS) is 11.6. The summed E-state index contributed by atoms with van der Waals surface area (Å²) in [5, 5.41) is 2.54. The van der Waals surface area contributed by atoms with E-state index in [2.05, 4.69) is 22.9 Å². The Morgan fingerprint density at radius 3 is 2.88 bits per heavy atom.